The molecule has 1 aromatic carbocycles. The molecule has 0 aliphatic carbocycles. The first-order valence-corrected chi connectivity index (χ1v) is 8.73. The summed E-state index contributed by atoms with van der Waals surface area (Å²) in [5.41, 5.74) is 4.36. The maximum atomic E-state index is 9.08. The van der Waals surface area contributed by atoms with Crippen molar-refractivity contribution >= 4 is 11.3 Å². The molecule has 24 heavy (non-hydrogen) atoms. The van der Waals surface area contributed by atoms with Gasteiger partial charge in [-0.15, -0.1) is 10.2 Å². The van der Waals surface area contributed by atoms with Crippen molar-refractivity contribution in [2.24, 2.45) is 0 Å². The third kappa shape index (κ3) is 3.69. The van der Waals surface area contributed by atoms with Crippen LogP contribution < -0.4 is 5.32 Å². The minimum Gasteiger partial charge on any atom is -0.394 e. The monoisotopic (exact) mass is 343 g/mol. The van der Waals surface area contributed by atoms with Crippen LogP contribution in [0, 0.1) is 13.8 Å². The molecular weight excluding hydrogens is 322 g/mol. The summed E-state index contributed by atoms with van der Waals surface area (Å²) in [6.45, 7) is 6.06. The Morgan fingerprint density at radius 2 is 1.92 bits per heavy atom. The quantitative estimate of drug-likeness (QED) is 0.688. The summed E-state index contributed by atoms with van der Waals surface area (Å²) in [7, 11) is 0. The van der Waals surface area contributed by atoms with Gasteiger partial charge in [-0.05, 0) is 13.8 Å². The van der Waals surface area contributed by atoms with Crippen LogP contribution in [0.25, 0.3) is 10.6 Å². The molecule has 2 N–H and O–H groups in total. The topological polar surface area (TPSA) is 75.9 Å². The first-order chi connectivity index (χ1) is 11.7. The summed E-state index contributed by atoms with van der Waals surface area (Å²) in [6, 6.07) is 10.1. The fourth-order valence-electron chi connectivity index (χ4n) is 2.62. The van der Waals surface area contributed by atoms with Crippen LogP contribution in [-0.2, 0) is 19.6 Å². The fourth-order valence-corrected chi connectivity index (χ4v) is 3.43. The number of aliphatic hydroxyl groups excluding tert-OH is 1. The molecule has 0 amide bonds. The summed E-state index contributed by atoms with van der Waals surface area (Å²) in [6.07, 6.45) is 0. The Kier molecular flexibility index (Phi) is 5.34. The molecular formula is C17H21N5OS. The molecule has 0 saturated heterocycles. The zero-order chi connectivity index (χ0) is 16.9. The molecule has 0 aliphatic heterocycles. The maximum Gasteiger partial charge on any atom is 0.147 e. The van der Waals surface area contributed by atoms with Crippen LogP contribution in [0.2, 0.25) is 0 Å². The zero-order valence-corrected chi connectivity index (χ0v) is 14.7. The van der Waals surface area contributed by atoms with Gasteiger partial charge < -0.3 is 10.4 Å². The van der Waals surface area contributed by atoms with Gasteiger partial charge in [0.15, 0.2) is 0 Å². The molecule has 0 saturated carbocycles. The SMILES string of the molecule is Cc1nn(CCO)c(C)c1CNCc1nnc(-c2ccccc2)s1. The van der Waals surface area contributed by atoms with Crippen LogP contribution in [-0.4, -0.2) is 31.7 Å². The molecule has 3 aromatic rings. The van der Waals surface area contributed by atoms with Gasteiger partial charge in [-0.25, -0.2) is 0 Å². The molecule has 0 aliphatic rings. The second-order valence-corrected chi connectivity index (χ2v) is 6.63. The Bertz CT molecular complexity index is 797. The van der Waals surface area contributed by atoms with Crippen molar-refractivity contribution < 1.29 is 5.11 Å². The Hall–Kier alpha value is -2.09. The van der Waals surface area contributed by atoms with Crippen LogP contribution in [0.5, 0.6) is 0 Å². The number of aryl methyl sites for hydroxylation is 1. The third-order valence-electron chi connectivity index (χ3n) is 3.91. The molecule has 2 aromatic heterocycles. The minimum absolute atomic E-state index is 0.0991. The van der Waals surface area contributed by atoms with Crippen LogP contribution in [0.15, 0.2) is 30.3 Å². The van der Waals surface area contributed by atoms with E-state index < -0.39 is 0 Å². The molecule has 6 nitrogen and oxygen atoms in total. The molecule has 2 heterocycles. The van der Waals surface area contributed by atoms with E-state index in [4.69, 9.17) is 5.11 Å². The van der Waals surface area contributed by atoms with Gasteiger partial charge in [0.2, 0.25) is 0 Å². The van der Waals surface area contributed by atoms with E-state index in [1.54, 1.807) is 11.3 Å². The number of nitrogens with one attached hydrogen (secondary N) is 1. The van der Waals surface area contributed by atoms with E-state index >= 15 is 0 Å². The number of hydrogen-bond donors (Lipinski definition) is 2. The standard InChI is InChI=1S/C17H21N5OS/c1-12-15(13(2)22(21-12)8-9-23)10-18-11-16-19-20-17(24-16)14-6-4-3-5-7-14/h3-7,18,23H,8-11H2,1-2H3. The highest BCUT2D eigenvalue weighted by molar-refractivity contribution is 7.14. The van der Waals surface area contributed by atoms with Crippen molar-refractivity contribution in [1.82, 2.24) is 25.3 Å². The lowest BCUT2D eigenvalue weighted by atomic mass is 10.2. The fraction of sp³-hybridized carbons (Fsp3) is 0.353. The van der Waals surface area contributed by atoms with Crippen LogP contribution in [0.1, 0.15) is 22.0 Å². The Morgan fingerprint density at radius 3 is 2.67 bits per heavy atom. The van der Waals surface area contributed by atoms with Gasteiger partial charge in [0, 0.05) is 23.4 Å². The van der Waals surface area contributed by atoms with Gasteiger partial charge in [-0.1, -0.05) is 41.7 Å². The minimum atomic E-state index is 0.0991. The summed E-state index contributed by atoms with van der Waals surface area (Å²) in [4.78, 5) is 0. The molecule has 0 spiro atoms. The molecule has 7 heteroatoms. The van der Waals surface area contributed by atoms with Crippen molar-refractivity contribution in [3.8, 4) is 10.6 Å². The highest BCUT2D eigenvalue weighted by Crippen LogP contribution is 2.23. The first-order valence-electron chi connectivity index (χ1n) is 7.91. The average molecular weight is 343 g/mol. The van der Waals surface area contributed by atoms with Gasteiger partial charge in [-0.3, -0.25) is 4.68 Å². The lowest BCUT2D eigenvalue weighted by molar-refractivity contribution is 0.267. The van der Waals surface area contributed by atoms with Crippen molar-refractivity contribution in [3.05, 3.63) is 52.3 Å². The summed E-state index contributed by atoms with van der Waals surface area (Å²) in [5, 5.41) is 27.4. The summed E-state index contributed by atoms with van der Waals surface area (Å²) < 4.78 is 1.85. The number of hydrogen-bond acceptors (Lipinski definition) is 6. The number of aromatic nitrogens is 4. The first kappa shape index (κ1) is 16.8. The lowest BCUT2D eigenvalue weighted by Gasteiger charge is -2.04. The van der Waals surface area contributed by atoms with Gasteiger partial charge in [-0.2, -0.15) is 5.10 Å². The number of rotatable bonds is 7. The van der Waals surface area contributed by atoms with Crippen LogP contribution >= 0.6 is 11.3 Å². The van der Waals surface area contributed by atoms with Gasteiger partial charge in [0.25, 0.3) is 0 Å². The Labute approximate surface area is 145 Å². The molecule has 0 bridgehead atoms. The molecule has 0 radical (unpaired) electrons. The smallest absolute Gasteiger partial charge is 0.147 e. The van der Waals surface area contributed by atoms with E-state index in [1.165, 1.54) is 5.56 Å². The second-order valence-electron chi connectivity index (χ2n) is 5.57. The lowest BCUT2D eigenvalue weighted by Crippen LogP contribution is -2.14. The van der Waals surface area contributed by atoms with Crippen molar-refractivity contribution in [1.29, 1.82) is 0 Å². The van der Waals surface area contributed by atoms with Crippen molar-refractivity contribution in [2.75, 3.05) is 6.61 Å². The second kappa shape index (κ2) is 7.65. The highest BCUT2D eigenvalue weighted by Gasteiger charge is 2.11. The van der Waals surface area contributed by atoms with E-state index in [0.717, 1.165) is 33.5 Å². The van der Waals surface area contributed by atoms with Crippen molar-refractivity contribution in [3.63, 3.8) is 0 Å². The van der Waals surface area contributed by atoms with E-state index in [-0.39, 0.29) is 6.61 Å². The van der Waals surface area contributed by atoms with E-state index in [2.05, 4.69) is 20.6 Å². The highest BCUT2D eigenvalue weighted by atomic mass is 32.1. The van der Waals surface area contributed by atoms with Crippen LogP contribution in [0.4, 0.5) is 0 Å². The molecule has 0 atom stereocenters. The molecule has 0 unspecified atom stereocenters. The van der Waals surface area contributed by atoms with Gasteiger partial charge >= 0.3 is 0 Å². The molecule has 0 fully saturated rings. The van der Waals surface area contributed by atoms with Gasteiger partial charge in [0.05, 0.1) is 25.4 Å². The Morgan fingerprint density at radius 1 is 1.12 bits per heavy atom. The predicted molar refractivity (Wildman–Crippen MR) is 94.7 cm³/mol. The van der Waals surface area contributed by atoms with E-state index in [9.17, 15) is 0 Å². The third-order valence-corrected chi connectivity index (χ3v) is 4.88. The number of benzene rings is 1. The number of aliphatic hydroxyl groups is 1. The largest absolute Gasteiger partial charge is 0.394 e. The Balaban J connectivity index is 1.60. The zero-order valence-electron chi connectivity index (χ0n) is 13.9. The van der Waals surface area contributed by atoms with E-state index in [1.807, 2.05) is 48.9 Å². The predicted octanol–water partition coefficient (Wildman–Crippen LogP) is 2.30. The average Bonchev–Trinajstić information content (AvgIpc) is 3.16. The summed E-state index contributed by atoms with van der Waals surface area (Å²) >= 11 is 1.60. The maximum absolute atomic E-state index is 9.08. The van der Waals surface area contributed by atoms with Gasteiger partial charge in [0.1, 0.15) is 10.0 Å². The number of nitrogens with zero attached hydrogens (tertiary/aromatic N) is 4. The van der Waals surface area contributed by atoms with Crippen molar-refractivity contribution in [2.45, 2.75) is 33.5 Å². The van der Waals surface area contributed by atoms with E-state index in [0.29, 0.717) is 13.1 Å². The van der Waals surface area contributed by atoms with Crippen LogP contribution in [0.3, 0.4) is 0 Å². The molecule has 126 valence electrons. The normalized spacial score (nSPS) is 11.1. The summed E-state index contributed by atoms with van der Waals surface area (Å²) in [5.74, 6) is 0. The molecule has 3 rings (SSSR count).